The van der Waals surface area contributed by atoms with Crippen LogP contribution < -0.4 is 5.32 Å². The molecule has 1 rings (SSSR count). The summed E-state index contributed by atoms with van der Waals surface area (Å²) in [6.45, 7) is 17.9. The highest BCUT2D eigenvalue weighted by atomic mass is 15.2. The van der Waals surface area contributed by atoms with Crippen LogP contribution >= 0.6 is 0 Å². The smallest absolute Gasteiger partial charge is 0.0269 e. The number of nitrogens with zero attached hydrogens (tertiary/aromatic N) is 1. The Morgan fingerprint density at radius 1 is 1.10 bits per heavy atom. The molecule has 0 aromatic rings. The largest absolute Gasteiger partial charge is 0.311 e. The van der Waals surface area contributed by atoms with Gasteiger partial charge in [-0.05, 0) is 30.7 Å². The van der Waals surface area contributed by atoms with E-state index in [2.05, 4.69) is 51.8 Å². The van der Waals surface area contributed by atoms with Crippen LogP contribution in [0.3, 0.4) is 0 Å². The summed E-state index contributed by atoms with van der Waals surface area (Å²) in [6, 6.07) is 1.38. The maximum absolute atomic E-state index is 3.81. The van der Waals surface area contributed by atoms with E-state index < -0.39 is 0 Å². The van der Waals surface area contributed by atoms with Gasteiger partial charge < -0.3 is 5.32 Å². The number of hydrogen-bond donors (Lipinski definition) is 1. The molecule has 1 aliphatic rings. The van der Waals surface area contributed by atoms with Gasteiger partial charge in [0.05, 0.1) is 0 Å². The summed E-state index contributed by atoms with van der Waals surface area (Å²) in [6.07, 6.45) is 8.25. The van der Waals surface area contributed by atoms with E-state index in [1.54, 1.807) is 0 Å². The molecule has 0 aromatic heterocycles. The molecule has 1 aliphatic heterocycles. The molecule has 2 atom stereocenters. The van der Waals surface area contributed by atoms with Crippen LogP contribution in [0.15, 0.2) is 0 Å². The van der Waals surface area contributed by atoms with Crippen LogP contribution in [0.4, 0.5) is 0 Å². The standard InChI is InChI=1S/C19H40N2/c1-7-8-9-10-11-12-21-15-17(13-16(2)3)20-14-18(21)19(4,5)6/h16-18,20H,7-15H2,1-6H3. The van der Waals surface area contributed by atoms with E-state index in [9.17, 15) is 0 Å². The Morgan fingerprint density at radius 2 is 1.76 bits per heavy atom. The van der Waals surface area contributed by atoms with Gasteiger partial charge in [0.1, 0.15) is 0 Å². The Balaban J connectivity index is 2.49. The average Bonchev–Trinajstić information content (AvgIpc) is 2.36. The molecule has 1 heterocycles. The third-order valence-electron chi connectivity index (χ3n) is 4.80. The molecule has 2 nitrogen and oxygen atoms in total. The van der Waals surface area contributed by atoms with E-state index >= 15 is 0 Å². The monoisotopic (exact) mass is 296 g/mol. The van der Waals surface area contributed by atoms with Crippen molar-refractivity contribution in [2.45, 2.75) is 92.2 Å². The molecule has 2 unspecified atom stereocenters. The third kappa shape index (κ3) is 7.15. The first kappa shape index (κ1) is 19.0. The third-order valence-corrected chi connectivity index (χ3v) is 4.80. The molecule has 0 aliphatic carbocycles. The van der Waals surface area contributed by atoms with E-state index in [4.69, 9.17) is 0 Å². The molecular weight excluding hydrogens is 256 g/mol. The lowest BCUT2D eigenvalue weighted by atomic mass is 9.83. The molecule has 0 amide bonds. The average molecular weight is 297 g/mol. The molecule has 2 heteroatoms. The lowest BCUT2D eigenvalue weighted by Gasteiger charge is -2.47. The highest BCUT2D eigenvalue weighted by Gasteiger charge is 2.35. The van der Waals surface area contributed by atoms with Gasteiger partial charge in [-0.3, -0.25) is 4.90 Å². The van der Waals surface area contributed by atoms with E-state index in [-0.39, 0.29) is 0 Å². The zero-order valence-corrected chi connectivity index (χ0v) is 15.5. The normalized spacial score (nSPS) is 24.7. The maximum atomic E-state index is 3.81. The van der Waals surface area contributed by atoms with Crippen molar-refractivity contribution in [3.8, 4) is 0 Å². The van der Waals surface area contributed by atoms with Crippen molar-refractivity contribution in [1.29, 1.82) is 0 Å². The van der Waals surface area contributed by atoms with Gasteiger partial charge in [0, 0.05) is 25.2 Å². The minimum Gasteiger partial charge on any atom is -0.311 e. The maximum Gasteiger partial charge on any atom is 0.0269 e. The van der Waals surface area contributed by atoms with E-state index in [1.807, 2.05) is 0 Å². The zero-order valence-electron chi connectivity index (χ0n) is 15.5. The number of hydrogen-bond acceptors (Lipinski definition) is 2. The van der Waals surface area contributed by atoms with Gasteiger partial charge in [0.2, 0.25) is 0 Å². The minimum absolute atomic E-state index is 0.374. The summed E-state index contributed by atoms with van der Waals surface area (Å²) in [5, 5.41) is 3.81. The van der Waals surface area contributed by atoms with Crippen molar-refractivity contribution < 1.29 is 0 Å². The molecule has 1 fully saturated rings. The Kier molecular flexibility index (Phi) is 8.26. The fraction of sp³-hybridized carbons (Fsp3) is 1.00. The van der Waals surface area contributed by atoms with Gasteiger partial charge >= 0.3 is 0 Å². The van der Waals surface area contributed by atoms with Crippen molar-refractivity contribution in [3.05, 3.63) is 0 Å². The predicted molar refractivity (Wildman–Crippen MR) is 94.8 cm³/mol. The van der Waals surface area contributed by atoms with Crippen LogP contribution in [0, 0.1) is 11.3 Å². The molecule has 0 radical (unpaired) electrons. The number of rotatable bonds is 8. The van der Waals surface area contributed by atoms with Gasteiger partial charge in [-0.2, -0.15) is 0 Å². The second kappa shape index (κ2) is 9.15. The Morgan fingerprint density at radius 3 is 2.33 bits per heavy atom. The summed E-state index contributed by atoms with van der Waals surface area (Å²) in [7, 11) is 0. The van der Waals surface area contributed by atoms with Gasteiger partial charge in [-0.1, -0.05) is 67.2 Å². The molecule has 0 saturated carbocycles. The quantitative estimate of drug-likeness (QED) is 0.654. The molecule has 1 N–H and O–H groups in total. The molecule has 0 spiro atoms. The lowest BCUT2D eigenvalue weighted by molar-refractivity contribution is 0.0501. The molecule has 21 heavy (non-hydrogen) atoms. The first-order valence-corrected chi connectivity index (χ1v) is 9.32. The zero-order chi connectivity index (χ0) is 15.9. The number of piperazine rings is 1. The van der Waals surface area contributed by atoms with Crippen molar-refractivity contribution in [1.82, 2.24) is 10.2 Å². The van der Waals surface area contributed by atoms with Crippen molar-refractivity contribution in [2.75, 3.05) is 19.6 Å². The summed E-state index contributed by atoms with van der Waals surface area (Å²) >= 11 is 0. The SMILES string of the molecule is CCCCCCCN1CC(CC(C)C)NCC1C(C)(C)C. The van der Waals surface area contributed by atoms with Crippen LogP contribution in [-0.2, 0) is 0 Å². The van der Waals surface area contributed by atoms with E-state index in [0.29, 0.717) is 17.5 Å². The Hall–Kier alpha value is -0.0800. The summed E-state index contributed by atoms with van der Waals surface area (Å²) in [5.41, 5.74) is 0.374. The summed E-state index contributed by atoms with van der Waals surface area (Å²) < 4.78 is 0. The van der Waals surface area contributed by atoms with E-state index in [1.165, 1.54) is 51.6 Å². The number of unbranched alkanes of at least 4 members (excludes halogenated alkanes) is 4. The van der Waals surface area contributed by atoms with E-state index in [0.717, 1.165) is 12.5 Å². The number of nitrogens with one attached hydrogen (secondary N) is 1. The van der Waals surface area contributed by atoms with Crippen LogP contribution in [0.1, 0.15) is 80.1 Å². The molecule has 126 valence electrons. The van der Waals surface area contributed by atoms with Gasteiger partial charge in [0.15, 0.2) is 0 Å². The first-order valence-electron chi connectivity index (χ1n) is 9.32. The second-order valence-corrected chi connectivity index (χ2v) is 8.53. The van der Waals surface area contributed by atoms with Crippen molar-refractivity contribution in [2.24, 2.45) is 11.3 Å². The van der Waals surface area contributed by atoms with Gasteiger partial charge in [-0.15, -0.1) is 0 Å². The second-order valence-electron chi connectivity index (χ2n) is 8.53. The first-order chi connectivity index (χ1) is 9.84. The highest BCUT2D eigenvalue weighted by Crippen LogP contribution is 2.27. The molecule has 0 aromatic carbocycles. The van der Waals surface area contributed by atoms with Crippen molar-refractivity contribution >= 4 is 0 Å². The molecule has 1 saturated heterocycles. The molecule has 0 bridgehead atoms. The predicted octanol–water partition coefficient (Wildman–Crippen LogP) is 4.69. The van der Waals surface area contributed by atoms with Crippen LogP contribution in [0.25, 0.3) is 0 Å². The summed E-state index contributed by atoms with van der Waals surface area (Å²) in [5.74, 6) is 0.792. The van der Waals surface area contributed by atoms with Crippen LogP contribution in [0.5, 0.6) is 0 Å². The Labute approximate surface area is 134 Å². The van der Waals surface area contributed by atoms with Crippen molar-refractivity contribution in [3.63, 3.8) is 0 Å². The highest BCUT2D eigenvalue weighted by molar-refractivity contribution is 4.92. The molecular formula is C19H40N2. The fourth-order valence-electron chi connectivity index (χ4n) is 3.63. The fourth-order valence-corrected chi connectivity index (χ4v) is 3.63. The van der Waals surface area contributed by atoms with Crippen LogP contribution in [-0.4, -0.2) is 36.6 Å². The summed E-state index contributed by atoms with van der Waals surface area (Å²) in [4.78, 5) is 2.79. The lowest BCUT2D eigenvalue weighted by Crippen LogP contribution is -2.60. The van der Waals surface area contributed by atoms with Gasteiger partial charge in [0.25, 0.3) is 0 Å². The van der Waals surface area contributed by atoms with Gasteiger partial charge in [-0.25, -0.2) is 0 Å². The minimum atomic E-state index is 0.374. The topological polar surface area (TPSA) is 15.3 Å². The Bertz CT molecular complexity index is 267. The van der Waals surface area contributed by atoms with Crippen LogP contribution in [0.2, 0.25) is 0 Å².